The van der Waals surface area contributed by atoms with Crippen molar-refractivity contribution in [2.24, 2.45) is 0 Å². The number of para-hydroxylation sites is 6. The molecule has 0 aromatic heterocycles. The average Bonchev–Trinajstić information content (AvgIpc) is 3.71. The number of anilines is 10. The molecule has 0 saturated heterocycles. The van der Waals surface area contributed by atoms with E-state index in [1.807, 2.05) is 0 Å². The lowest BCUT2D eigenvalue weighted by Crippen LogP contribution is -2.32. The monoisotopic (exact) mass is 1040 g/mol. The molecule has 1 aliphatic carbocycles. The second-order valence-corrected chi connectivity index (χ2v) is 21.9. The molecule has 17 rings (SSSR count). The first-order valence-electron chi connectivity index (χ1n) is 28.5. The Hall–Kier alpha value is -10.7. The quantitative estimate of drug-likeness (QED) is 0.154. The first-order chi connectivity index (χ1) is 40.7. The maximum Gasteiger partial charge on any atom is 0.0703 e. The van der Waals surface area contributed by atoms with Crippen molar-refractivity contribution in [3.63, 3.8) is 0 Å². The van der Waals surface area contributed by atoms with Crippen molar-refractivity contribution in [3.05, 3.63) is 303 Å². The van der Waals surface area contributed by atoms with E-state index >= 15 is 0 Å². The van der Waals surface area contributed by atoms with Gasteiger partial charge in [-0.25, -0.2) is 0 Å². The summed E-state index contributed by atoms with van der Waals surface area (Å²) in [5, 5.41) is 14.6. The van der Waals surface area contributed by atoms with Crippen LogP contribution in [-0.4, -0.2) is 0 Å². The number of allylic oxidation sites excluding steroid dienone is 3. The van der Waals surface area contributed by atoms with Gasteiger partial charge in [0.15, 0.2) is 0 Å². The Morgan fingerprint density at radius 3 is 1.16 bits per heavy atom. The summed E-state index contributed by atoms with van der Waals surface area (Å²) in [6.45, 7) is 0. The van der Waals surface area contributed by atoms with E-state index in [9.17, 15) is 0 Å². The molecule has 3 aliphatic rings. The van der Waals surface area contributed by atoms with Crippen LogP contribution in [0.3, 0.4) is 0 Å². The second-order valence-electron chi connectivity index (χ2n) is 21.9. The number of nitrogens with zero attached hydrogens (tertiary/aromatic N) is 4. The predicted octanol–water partition coefficient (Wildman–Crippen LogP) is 22.0. The molecule has 0 atom stereocenters. The Morgan fingerprint density at radius 2 is 0.634 bits per heavy atom. The Bertz CT molecular complexity index is 4990. The Labute approximate surface area is 476 Å². The van der Waals surface area contributed by atoms with Crippen LogP contribution < -0.4 is 19.6 Å². The molecule has 0 unspecified atom stereocenters. The molecular weight excluding hydrogens is 993 g/mol. The van der Waals surface area contributed by atoms with Gasteiger partial charge in [-0.3, -0.25) is 0 Å². The fourth-order valence-corrected chi connectivity index (χ4v) is 13.8. The number of benzene rings is 14. The molecular formula is C78H52N4. The van der Waals surface area contributed by atoms with Crippen LogP contribution >= 0.6 is 0 Å². The van der Waals surface area contributed by atoms with Gasteiger partial charge in [0.2, 0.25) is 0 Å². The normalized spacial score (nSPS) is 13.8. The van der Waals surface area contributed by atoms with Crippen molar-refractivity contribution in [3.8, 4) is 22.3 Å². The van der Waals surface area contributed by atoms with Crippen LogP contribution in [0.2, 0.25) is 0 Å². The van der Waals surface area contributed by atoms with Gasteiger partial charge in [-0.1, -0.05) is 200 Å². The third-order valence-corrected chi connectivity index (χ3v) is 17.4. The standard InChI is InChI=1S/C78H52N4/c1-3-23-55-47-57(41-39-51(55)19-1)77-63-45-43-60(80-71-31-11-15-35-75(71)82(76-36-16-12-32-72(76)80)68-38-18-26-54-22-6-8-28-62(54)68)50-66(63)78(58-42-40-52-20-2-4-24-56(52)48-58)64-46-44-59(49-65(64)77)79-69-29-9-13-33-73(69)81(74-34-14-10-30-70(74)79)67-37-17-25-53-21-5-7-27-61(53)67/h1-11,13-31,33-50H,12,32H2. The molecule has 0 fully saturated rings. The van der Waals surface area contributed by atoms with E-state index in [1.54, 1.807) is 0 Å². The zero-order valence-corrected chi connectivity index (χ0v) is 44.9. The molecule has 0 saturated carbocycles. The van der Waals surface area contributed by atoms with Crippen LogP contribution in [0, 0.1) is 0 Å². The van der Waals surface area contributed by atoms with Gasteiger partial charge >= 0.3 is 0 Å². The molecule has 0 radical (unpaired) electrons. The summed E-state index contributed by atoms with van der Waals surface area (Å²) in [5.41, 5.74) is 18.7. The van der Waals surface area contributed by atoms with Crippen LogP contribution in [0.25, 0.3) is 86.9 Å². The van der Waals surface area contributed by atoms with Crippen LogP contribution in [0.5, 0.6) is 0 Å². The van der Waals surface area contributed by atoms with Crippen LogP contribution in [-0.2, 0) is 0 Å². The third-order valence-electron chi connectivity index (χ3n) is 17.4. The van der Waals surface area contributed by atoms with E-state index in [-0.39, 0.29) is 0 Å². The maximum absolute atomic E-state index is 2.56. The molecule has 2 aliphatic heterocycles. The van der Waals surface area contributed by atoms with Crippen molar-refractivity contribution in [2.75, 3.05) is 19.6 Å². The number of fused-ring (bicyclic) bond motifs is 9. The lowest BCUT2D eigenvalue weighted by molar-refractivity contribution is 0.869. The highest BCUT2D eigenvalue weighted by atomic mass is 15.3. The topological polar surface area (TPSA) is 13.0 Å². The molecule has 82 heavy (non-hydrogen) atoms. The third kappa shape index (κ3) is 7.11. The van der Waals surface area contributed by atoms with Gasteiger partial charge in [0.25, 0.3) is 0 Å². The summed E-state index contributed by atoms with van der Waals surface area (Å²) in [6.07, 6.45) is 6.57. The molecule has 384 valence electrons. The molecule has 14 aromatic carbocycles. The van der Waals surface area contributed by atoms with E-state index in [2.05, 4.69) is 311 Å². The predicted molar refractivity (Wildman–Crippen MR) is 348 cm³/mol. The fraction of sp³-hybridized carbons (Fsp3) is 0.0256. The Morgan fingerprint density at radius 1 is 0.244 bits per heavy atom. The first-order valence-corrected chi connectivity index (χ1v) is 28.5. The van der Waals surface area contributed by atoms with Crippen molar-refractivity contribution < 1.29 is 0 Å². The van der Waals surface area contributed by atoms with E-state index in [1.165, 1.54) is 104 Å². The van der Waals surface area contributed by atoms with Gasteiger partial charge in [0.1, 0.15) is 0 Å². The molecule has 2 heterocycles. The summed E-state index contributed by atoms with van der Waals surface area (Å²) < 4.78 is 0. The molecule has 4 heteroatoms. The minimum Gasteiger partial charge on any atom is -0.310 e. The largest absolute Gasteiger partial charge is 0.310 e. The lowest BCUT2D eigenvalue weighted by Gasteiger charge is -2.43. The van der Waals surface area contributed by atoms with Crippen molar-refractivity contribution in [1.29, 1.82) is 0 Å². The summed E-state index contributed by atoms with van der Waals surface area (Å²) in [7, 11) is 0. The van der Waals surface area contributed by atoms with Gasteiger partial charge in [0, 0.05) is 27.8 Å². The zero-order valence-electron chi connectivity index (χ0n) is 44.9. The zero-order chi connectivity index (χ0) is 53.8. The molecule has 4 nitrogen and oxygen atoms in total. The number of hydrogen-bond donors (Lipinski definition) is 0. The number of hydrogen-bond acceptors (Lipinski definition) is 4. The summed E-state index contributed by atoms with van der Waals surface area (Å²) in [5.74, 6) is 0. The highest BCUT2D eigenvalue weighted by molar-refractivity contribution is 6.24. The summed E-state index contributed by atoms with van der Waals surface area (Å²) >= 11 is 0. The Balaban J connectivity index is 0.935. The van der Waals surface area contributed by atoms with Gasteiger partial charge in [0.05, 0.1) is 51.2 Å². The van der Waals surface area contributed by atoms with Crippen LogP contribution in [0.1, 0.15) is 12.8 Å². The van der Waals surface area contributed by atoms with Gasteiger partial charge in [-0.05, 0) is 180 Å². The van der Waals surface area contributed by atoms with Gasteiger partial charge < -0.3 is 19.6 Å². The molecule has 0 amide bonds. The summed E-state index contributed by atoms with van der Waals surface area (Å²) in [6, 6.07) is 104. The molecule has 0 bridgehead atoms. The Kier molecular flexibility index (Phi) is 10.4. The van der Waals surface area contributed by atoms with E-state index in [0.29, 0.717) is 0 Å². The summed E-state index contributed by atoms with van der Waals surface area (Å²) in [4.78, 5) is 10.0. The molecule has 0 N–H and O–H groups in total. The van der Waals surface area contributed by atoms with Gasteiger partial charge in [-0.2, -0.15) is 0 Å². The fourth-order valence-electron chi connectivity index (χ4n) is 13.8. The highest BCUT2D eigenvalue weighted by Gasteiger charge is 2.35. The molecule has 0 spiro atoms. The minimum atomic E-state index is 0.905. The molecule has 14 aromatic rings. The number of rotatable bonds is 6. The van der Waals surface area contributed by atoms with Crippen LogP contribution in [0.4, 0.5) is 56.9 Å². The smallest absolute Gasteiger partial charge is 0.0703 e. The minimum absolute atomic E-state index is 0.905. The van der Waals surface area contributed by atoms with Crippen molar-refractivity contribution in [1.82, 2.24) is 0 Å². The van der Waals surface area contributed by atoms with E-state index in [0.717, 1.165) is 64.0 Å². The van der Waals surface area contributed by atoms with Crippen LogP contribution in [0.15, 0.2) is 303 Å². The second kappa shape index (κ2) is 18.5. The average molecular weight is 1050 g/mol. The SMILES string of the molecule is C1=CC2=C(CC1)N(c1ccc3c(-c4ccc5ccccc5c4)c4cc(N5c6ccccc6N(c6cccc7ccccc67)c6ccccc65)ccc4c(-c4ccc5ccccc5c4)c3c1)c1ccccc1N2c1cccc2ccccc12. The van der Waals surface area contributed by atoms with Crippen molar-refractivity contribution >= 4 is 122 Å². The van der Waals surface area contributed by atoms with Gasteiger partial charge in [-0.15, -0.1) is 0 Å². The first kappa shape index (κ1) is 46.3. The van der Waals surface area contributed by atoms with Crippen molar-refractivity contribution in [2.45, 2.75) is 12.8 Å². The van der Waals surface area contributed by atoms with E-state index in [4.69, 9.17) is 0 Å². The lowest BCUT2D eigenvalue weighted by atomic mass is 9.84. The highest BCUT2D eigenvalue weighted by Crippen LogP contribution is 2.57. The maximum atomic E-state index is 2.56. The van der Waals surface area contributed by atoms with E-state index < -0.39 is 0 Å².